The summed E-state index contributed by atoms with van der Waals surface area (Å²) in [5.74, 6) is 2.98. The number of nitrogens with one attached hydrogen (secondary N) is 1. The monoisotopic (exact) mass is 295 g/mol. The van der Waals surface area contributed by atoms with Crippen molar-refractivity contribution >= 4 is 11.9 Å². The van der Waals surface area contributed by atoms with Crippen molar-refractivity contribution in [1.82, 2.24) is 4.72 Å². The van der Waals surface area contributed by atoms with E-state index in [1.165, 1.54) is 12.8 Å². The van der Waals surface area contributed by atoms with Crippen LogP contribution < -0.4 is 4.72 Å². The van der Waals surface area contributed by atoms with E-state index in [1.807, 2.05) is 19.9 Å². The molecule has 0 radical (unpaired) electrons. The highest BCUT2D eigenvalue weighted by Crippen LogP contribution is 2.46. The van der Waals surface area contributed by atoms with Crippen LogP contribution in [0.15, 0.2) is 24.3 Å². The first-order chi connectivity index (χ1) is 9.41. The van der Waals surface area contributed by atoms with Crippen molar-refractivity contribution in [1.29, 1.82) is 0 Å². The van der Waals surface area contributed by atoms with Gasteiger partial charge in [-0.05, 0) is 62.9 Å². The summed E-state index contributed by atoms with van der Waals surface area (Å²) in [6.45, 7) is 10.4. The minimum Gasteiger partial charge on any atom is -0.390 e. The molecule has 2 fully saturated rings. The van der Waals surface area contributed by atoms with Gasteiger partial charge in [-0.1, -0.05) is 37.6 Å². The molecule has 3 unspecified atom stereocenters. The van der Waals surface area contributed by atoms with Gasteiger partial charge >= 0.3 is 0 Å². The molecule has 2 rings (SSSR count). The zero-order valence-corrected chi connectivity index (χ0v) is 13.9. The Kier molecular flexibility index (Phi) is 5.38. The fraction of sp³-hybridized carbons (Fsp3) is 0.765. The second kappa shape index (κ2) is 6.67. The van der Waals surface area contributed by atoms with E-state index in [-0.39, 0.29) is 0 Å². The SMILES string of the molecule is C=C(/C=C\C)CSN[C@H]1C(C)CC2CC1C[C@](C)(O)C2. The molecule has 0 spiro atoms. The molecule has 0 amide bonds. The molecule has 5 atom stereocenters. The van der Waals surface area contributed by atoms with Gasteiger partial charge in [-0.2, -0.15) is 0 Å². The molecule has 2 saturated carbocycles. The molecule has 2 aliphatic carbocycles. The highest BCUT2D eigenvalue weighted by Gasteiger charge is 2.44. The maximum absolute atomic E-state index is 10.4. The van der Waals surface area contributed by atoms with Crippen molar-refractivity contribution in [3.05, 3.63) is 24.3 Å². The summed E-state index contributed by atoms with van der Waals surface area (Å²) in [5, 5.41) is 10.4. The van der Waals surface area contributed by atoms with E-state index in [9.17, 15) is 5.11 Å². The minimum absolute atomic E-state index is 0.452. The van der Waals surface area contributed by atoms with Gasteiger partial charge in [0.05, 0.1) is 5.60 Å². The van der Waals surface area contributed by atoms with Crippen LogP contribution in [0.1, 0.15) is 46.5 Å². The van der Waals surface area contributed by atoms with Crippen LogP contribution in [-0.4, -0.2) is 22.5 Å². The highest BCUT2D eigenvalue weighted by molar-refractivity contribution is 7.97. The summed E-state index contributed by atoms with van der Waals surface area (Å²) in [6, 6.07) is 0.529. The van der Waals surface area contributed by atoms with E-state index in [4.69, 9.17) is 0 Å². The van der Waals surface area contributed by atoms with Gasteiger partial charge in [-0.3, -0.25) is 4.72 Å². The Hall–Kier alpha value is -0.250. The van der Waals surface area contributed by atoms with Crippen LogP contribution in [-0.2, 0) is 0 Å². The van der Waals surface area contributed by atoms with Crippen molar-refractivity contribution in [2.45, 2.75) is 58.1 Å². The Morgan fingerprint density at radius 1 is 1.45 bits per heavy atom. The fourth-order valence-electron chi connectivity index (χ4n) is 4.18. The predicted octanol–water partition coefficient (Wildman–Crippen LogP) is 3.93. The Bertz CT molecular complexity index is 375. The molecule has 2 nitrogen and oxygen atoms in total. The molecular weight excluding hydrogens is 266 g/mol. The number of allylic oxidation sites excluding steroid dienone is 2. The number of fused-ring (bicyclic) bond motifs is 2. The zero-order valence-electron chi connectivity index (χ0n) is 13.1. The predicted molar refractivity (Wildman–Crippen MR) is 88.6 cm³/mol. The standard InChI is InChI=1S/C17H29NOS/c1-5-6-12(2)11-20-18-16-13(3)7-14-8-15(16)10-17(4,19)9-14/h5-6,13-16,18-19H,2,7-11H2,1,3-4H3/b6-5-/t13?,14?,15?,16-,17+/m0/s1. The van der Waals surface area contributed by atoms with Gasteiger partial charge < -0.3 is 5.11 Å². The van der Waals surface area contributed by atoms with Crippen LogP contribution >= 0.6 is 11.9 Å². The van der Waals surface area contributed by atoms with Crippen LogP contribution in [0, 0.1) is 17.8 Å². The third-order valence-electron chi connectivity index (χ3n) is 4.77. The second-order valence-corrected chi connectivity index (χ2v) is 7.88. The van der Waals surface area contributed by atoms with Gasteiger partial charge in [0.2, 0.25) is 0 Å². The first-order valence-electron chi connectivity index (χ1n) is 7.81. The van der Waals surface area contributed by atoms with Gasteiger partial charge in [0, 0.05) is 11.8 Å². The molecule has 0 aromatic heterocycles. The van der Waals surface area contributed by atoms with Gasteiger partial charge in [0.25, 0.3) is 0 Å². The summed E-state index contributed by atoms with van der Waals surface area (Å²) >= 11 is 1.77. The second-order valence-electron chi connectivity index (χ2n) is 7.07. The lowest BCUT2D eigenvalue weighted by molar-refractivity contribution is -0.0546. The molecule has 2 N–H and O–H groups in total. The Morgan fingerprint density at radius 2 is 2.20 bits per heavy atom. The molecule has 0 aromatic carbocycles. The fourth-order valence-corrected chi connectivity index (χ4v) is 5.16. The average Bonchev–Trinajstić information content (AvgIpc) is 2.31. The molecule has 2 bridgehead atoms. The molecule has 0 aliphatic heterocycles. The van der Waals surface area contributed by atoms with Gasteiger partial charge in [0.1, 0.15) is 0 Å². The summed E-state index contributed by atoms with van der Waals surface area (Å²) in [4.78, 5) is 0. The lowest BCUT2D eigenvalue weighted by Crippen LogP contribution is -2.51. The molecular formula is C17H29NOS. The molecule has 20 heavy (non-hydrogen) atoms. The summed E-state index contributed by atoms with van der Waals surface area (Å²) < 4.78 is 3.66. The van der Waals surface area contributed by atoms with Gasteiger partial charge in [-0.15, -0.1) is 0 Å². The van der Waals surface area contributed by atoms with Crippen LogP contribution in [0.5, 0.6) is 0 Å². The van der Waals surface area contributed by atoms with E-state index in [0.29, 0.717) is 17.9 Å². The molecule has 0 saturated heterocycles. The third kappa shape index (κ3) is 4.12. The maximum Gasteiger partial charge on any atom is 0.0625 e. The lowest BCUT2D eigenvalue weighted by Gasteiger charge is -2.49. The summed E-state index contributed by atoms with van der Waals surface area (Å²) in [6.07, 6.45) is 8.58. The van der Waals surface area contributed by atoms with E-state index in [0.717, 1.165) is 30.1 Å². The third-order valence-corrected chi connectivity index (χ3v) is 5.73. The molecule has 0 aromatic rings. The largest absolute Gasteiger partial charge is 0.390 e. The highest BCUT2D eigenvalue weighted by atomic mass is 32.2. The first-order valence-corrected chi connectivity index (χ1v) is 8.80. The van der Waals surface area contributed by atoms with Crippen LogP contribution in [0.2, 0.25) is 0 Å². The van der Waals surface area contributed by atoms with Crippen LogP contribution in [0.4, 0.5) is 0 Å². The summed E-state index contributed by atoms with van der Waals surface area (Å²) in [5.41, 5.74) is 0.703. The molecule has 114 valence electrons. The summed E-state index contributed by atoms with van der Waals surface area (Å²) in [7, 11) is 0. The van der Waals surface area contributed by atoms with Crippen molar-refractivity contribution in [3.8, 4) is 0 Å². The van der Waals surface area contributed by atoms with E-state index < -0.39 is 5.60 Å². The van der Waals surface area contributed by atoms with E-state index in [2.05, 4.69) is 24.3 Å². The van der Waals surface area contributed by atoms with Crippen LogP contribution in [0.3, 0.4) is 0 Å². The Morgan fingerprint density at radius 3 is 2.90 bits per heavy atom. The quantitative estimate of drug-likeness (QED) is 0.595. The van der Waals surface area contributed by atoms with Crippen molar-refractivity contribution < 1.29 is 5.11 Å². The normalized spacial score (nSPS) is 41.0. The lowest BCUT2D eigenvalue weighted by atomic mass is 9.62. The van der Waals surface area contributed by atoms with Gasteiger partial charge in [-0.25, -0.2) is 0 Å². The van der Waals surface area contributed by atoms with Crippen molar-refractivity contribution in [2.24, 2.45) is 17.8 Å². The number of hydrogen-bond donors (Lipinski definition) is 2. The number of rotatable bonds is 5. The molecule has 2 aliphatic rings. The maximum atomic E-state index is 10.4. The van der Waals surface area contributed by atoms with Crippen molar-refractivity contribution in [2.75, 3.05) is 5.75 Å². The van der Waals surface area contributed by atoms with Crippen LogP contribution in [0.25, 0.3) is 0 Å². The topological polar surface area (TPSA) is 32.3 Å². The number of aliphatic hydroxyl groups is 1. The van der Waals surface area contributed by atoms with Crippen molar-refractivity contribution in [3.63, 3.8) is 0 Å². The van der Waals surface area contributed by atoms with E-state index >= 15 is 0 Å². The Labute approximate surface area is 128 Å². The van der Waals surface area contributed by atoms with Gasteiger partial charge in [0.15, 0.2) is 0 Å². The minimum atomic E-state index is -0.452. The molecule has 3 heteroatoms. The number of hydrogen-bond acceptors (Lipinski definition) is 3. The Balaban J connectivity index is 1.88. The van der Waals surface area contributed by atoms with E-state index in [1.54, 1.807) is 11.9 Å². The molecule has 0 heterocycles. The smallest absolute Gasteiger partial charge is 0.0625 e. The average molecular weight is 295 g/mol. The zero-order chi connectivity index (χ0) is 14.8. The first kappa shape index (κ1) is 16.1.